The maximum Gasteiger partial charge on any atom is 0.338 e. The summed E-state index contributed by atoms with van der Waals surface area (Å²) in [7, 11) is 0. The number of rotatable bonds is 13. The van der Waals surface area contributed by atoms with Crippen molar-refractivity contribution in [2.45, 2.75) is 95.5 Å². The zero-order chi connectivity index (χ0) is 19.4. The van der Waals surface area contributed by atoms with E-state index in [0.29, 0.717) is 0 Å². The number of hydrogen-bond donors (Lipinski definition) is 4. The molecule has 7 heteroatoms. The second-order valence-corrected chi connectivity index (χ2v) is 6.81. The molecule has 0 aliphatic carbocycles. The van der Waals surface area contributed by atoms with Crippen molar-refractivity contribution in [3.05, 3.63) is 12.3 Å². The highest BCUT2D eigenvalue weighted by atomic mass is 16.6. The maximum atomic E-state index is 11.8. The maximum absolute atomic E-state index is 11.8. The molecule has 0 radical (unpaired) electrons. The quantitative estimate of drug-likeness (QED) is 0.288. The molecule has 1 heterocycles. The Labute approximate surface area is 155 Å². The van der Waals surface area contributed by atoms with Crippen LogP contribution in [0, 0.1) is 0 Å². The van der Waals surface area contributed by atoms with Crippen molar-refractivity contribution in [3.63, 3.8) is 0 Å². The molecule has 1 aliphatic heterocycles. The molecule has 0 unspecified atom stereocenters. The van der Waals surface area contributed by atoms with Crippen LogP contribution in [0.4, 0.5) is 0 Å². The molecule has 1 fully saturated rings. The number of allylic oxidation sites excluding steroid dienone is 1. The third-order valence-electron chi connectivity index (χ3n) is 4.55. The Hall–Kier alpha value is -1.44. The fourth-order valence-electron chi connectivity index (χ4n) is 2.88. The number of cyclic esters (lactones) is 1. The van der Waals surface area contributed by atoms with E-state index in [1.54, 1.807) is 6.08 Å². The minimum absolute atomic E-state index is 0.792. The molecular formula is C19H33NO6. The lowest BCUT2D eigenvalue weighted by Crippen LogP contribution is -2.46. The Morgan fingerprint density at radius 3 is 2.23 bits per heavy atom. The minimum Gasteiger partial charge on any atom is -0.454 e. The van der Waals surface area contributed by atoms with Crippen LogP contribution in [0.15, 0.2) is 12.3 Å². The first kappa shape index (κ1) is 22.6. The van der Waals surface area contributed by atoms with Gasteiger partial charge in [0.15, 0.2) is 18.3 Å². The summed E-state index contributed by atoms with van der Waals surface area (Å²) in [6.45, 7) is 2.22. The van der Waals surface area contributed by atoms with Crippen LogP contribution in [0.3, 0.4) is 0 Å². The summed E-state index contributed by atoms with van der Waals surface area (Å²) in [4.78, 5) is 22.9. The number of ether oxygens (including phenoxy) is 1. The van der Waals surface area contributed by atoms with E-state index in [1.165, 1.54) is 51.1 Å². The zero-order valence-corrected chi connectivity index (χ0v) is 15.6. The molecule has 0 spiro atoms. The topological polar surface area (TPSA) is 116 Å². The van der Waals surface area contributed by atoms with Crippen LogP contribution in [0.25, 0.3) is 0 Å². The highest BCUT2D eigenvalue weighted by Crippen LogP contribution is 2.19. The standard InChI is InChI=1S/C19H33NO6/c1-2-3-4-5-6-7-8-9-10-11-12-13-20-18(24)16(23)17-14(21)15(22)19(25)26-17/h12-17,21-23H,2-11H2,1H3,(H,20,24)/b13-12+/t14-,15+,16-,17+/m1/s1. The van der Waals surface area contributed by atoms with Crippen molar-refractivity contribution in [2.24, 2.45) is 0 Å². The lowest BCUT2D eigenvalue weighted by molar-refractivity contribution is -0.153. The van der Waals surface area contributed by atoms with E-state index in [2.05, 4.69) is 17.0 Å². The average molecular weight is 371 g/mol. The first-order chi connectivity index (χ1) is 12.5. The molecular weight excluding hydrogens is 338 g/mol. The van der Waals surface area contributed by atoms with Gasteiger partial charge >= 0.3 is 5.97 Å². The number of hydrogen-bond acceptors (Lipinski definition) is 6. The highest BCUT2D eigenvalue weighted by molar-refractivity contribution is 5.84. The van der Waals surface area contributed by atoms with Crippen LogP contribution in [0.1, 0.15) is 71.1 Å². The van der Waals surface area contributed by atoms with Gasteiger partial charge in [0.1, 0.15) is 6.10 Å². The van der Waals surface area contributed by atoms with Gasteiger partial charge in [0.05, 0.1) is 0 Å². The van der Waals surface area contributed by atoms with Gasteiger partial charge in [-0.15, -0.1) is 0 Å². The first-order valence-electron chi connectivity index (χ1n) is 9.69. The van der Waals surface area contributed by atoms with E-state index < -0.39 is 36.3 Å². The molecule has 26 heavy (non-hydrogen) atoms. The van der Waals surface area contributed by atoms with E-state index in [1.807, 2.05) is 0 Å². The normalized spacial score (nSPS) is 24.0. The third-order valence-corrected chi connectivity index (χ3v) is 4.55. The van der Waals surface area contributed by atoms with E-state index in [0.717, 1.165) is 19.3 Å². The fourth-order valence-corrected chi connectivity index (χ4v) is 2.88. The molecule has 4 atom stereocenters. The van der Waals surface area contributed by atoms with E-state index in [4.69, 9.17) is 0 Å². The van der Waals surface area contributed by atoms with E-state index in [9.17, 15) is 24.9 Å². The molecule has 4 N–H and O–H groups in total. The Bertz CT molecular complexity index is 453. The third kappa shape index (κ3) is 7.85. The summed E-state index contributed by atoms with van der Waals surface area (Å²) in [5.41, 5.74) is 0. The van der Waals surface area contributed by atoms with Gasteiger partial charge in [0.25, 0.3) is 5.91 Å². The number of amides is 1. The Morgan fingerprint density at radius 1 is 1.12 bits per heavy atom. The lowest BCUT2D eigenvalue weighted by Gasteiger charge is -2.18. The molecule has 0 aromatic rings. The number of nitrogens with one attached hydrogen (secondary N) is 1. The van der Waals surface area contributed by atoms with Gasteiger partial charge in [-0.25, -0.2) is 4.79 Å². The summed E-state index contributed by atoms with van der Waals surface area (Å²) in [6.07, 6.45) is 8.77. The fraction of sp³-hybridized carbons (Fsp3) is 0.789. The number of aliphatic hydroxyl groups is 3. The van der Waals surface area contributed by atoms with Crippen molar-refractivity contribution < 1.29 is 29.6 Å². The largest absolute Gasteiger partial charge is 0.454 e. The molecule has 1 aliphatic rings. The van der Waals surface area contributed by atoms with E-state index in [-0.39, 0.29) is 0 Å². The Balaban J connectivity index is 2.07. The van der Waals surface area contributed by atoms with Crippen molar-refractivity contribution in [1.29, 1.82) is 0 Å². The number of carbonyl (C=O) groups is 2. The summed E-state index contributed by atoms with van der Waals surface area (Å²) >= 11 is 0. The molecule has 7 nitrogen and oxygen atoms in total. The summed E-state index contributed by atoms with van der Waals surface area (Å²) < 4.78 is 4.61. The monoisotopic (exact) mass is 371 g/mol. The van der Waals surface area contributed by atoms with Gasteiger partial charge < -0.3 is 25.4 Å². The molecule has 0 saturated carbocycles. The van der Waals surface area contributed by atoms with Gasteiger partial charge in [-0.2, -0.15) is 0 Å². The van der Waals surface area contributed by atoms with Gasteiger partial charge in [-0.1, -0.05) is 64.4 Å². The minimum atomic E-state index is -1.73. The number of aliphatic hydroxyl groups excluding tert-OH is 3. The summed E-state index contributed by atoms with van der Waals surface area (Å²) in [6, 6.07) is 0. The molecule has 150 valence electrons. The van der Waals surface area contributed by atoms with Crippen LogP contribution in [-0.4, -0.2) is 51.6 Å². The number of carbonyl (C=O) groups excluding carboxylic acids is 2. The van der Waals surface area contributed by atoms with Crippen LogP contribution in [-0.2, 0) is 14.3 Å². The van der Waals surface area contributed by atoms with Gasteiger partial charge in [0.2, 0.25) is 0 Å². The van der Waals surface area contributed by atoms with Crippen LogP contribution in [0.2, 0.25) is 0 Å². The highest BCUT2D eigenvalue weighted by Gasteiger charge is 2.48. The second kappa shape index (κ2) is 12.8. The predicted molar refractivity (Wildman–Crippen MR) is 97.0 cm³/mol. The number of esters is 1. The van der Waals surface area contributed by atoms with Gasteiger partial charge in [-0.3, -0.25) is 4.79 Å². The van der Waals surface area contributed by atoms with E-state index >= 15 is 0 Å². The molecule has 1 saturated heterocycles. The zero-order valence-electron chi connectivity index (χ0n) is 15.6. The van der Waals surface area contributed by atoms with Crippen molar-refractivity contribution in [3.8, 4) is 0 Å². The molecule has 1 amide bonds. The van der Waals surface area contributed by atoms with Crippen molar-refractivity contribution >= 4 is 11.9 Å². The van der Waals surface area contributed by atoms with Crippen molar-refractivity contribution in [1.82, 2.24) is 5.32 Å². The van der Waals surface area contributed by atoms with Crippen molar-refractivity contribution in [2.75, 3.05) is 0 Å². The predicted octanol–water partition coefficient (Wildman–Crippen LogP) is 1.55. The molecule has 0 bridgehead atoms. The molecule has 1 rings (SSSR count). The Morgan fingerprint density at radius 2 is 1.69 bits per heavy atom. The molecule has 0 aromatic heterocycles. The number of unbranched alkanes of at least 4 members (excludes halogenated alkanes) is 9. The average Bonchev–Trinajstić information content (AvgIpc) is 2.89. The lowest BCUT2D eigenvalue weighted by atomic mass is 10.1. The summed E-state index contributed by atoms with van der Waals surface area (Å²) in [5, 5.41) is 31.0. The molecule has 0 aromatic carbocycles. The SMILES string of the molecule is CCCCCCCCCCC/C=C/NC(=O)[C@H](O)[C@H]1OC(=O)[C@@H](O)[C@H]1O. The Kier molecular flexibility index (Phi) is 11.2. The van der Waals surface area contributed by atoms with Crippen LogP contribution < -0.4 is 5.32 Å². The van der Waals surface area contributed by atoms with Gasteiger partial charge in [-0.05, 0) is 19.0 Å². The second-order valence-electron chi connectivity index (χ2n) is 6.81. The smallest absolute Gasteiger partial charge is 0.338 e. The van der Waals surface area contributed by atoms with Gasteiger partial charge in [0, 0.05) is 0 Å². The first-order valence-corrected chi connectivity index (χ1v) is 9.69. The van der Waals surface area contributed by atoms with Crippen LogP contribution >= 0.6 is 0 Å². The summed E-state index contributed by atoms with van der Waals surface area (Å²) in [5.74, 6) is -1.84. The van der Waals surface area contributed by atoms with Crippen LogP contribution in [0.5, 0.6) is 0 Å².